The van der Waals surface area contributed by atoms with E-state index < -0.39 is 11.6 Å². The van der Waals surface area contributed by atoms with Crippen molar-refractivity contribution >= 4 is 5.97 Å². The Bertz CT molecular complexity index is 814. The van der Waals surface area contributed by atoms with Gasteiger partial charge in [0.05, 0.1) is 11.7 Å². The van der Waals surface area contributed by atoms with Gasteiger partial charge in [-0.25, -0.2) is 4.79 Å². The van der Waals surface area contributed by atoms with Crippen molar-refractivity contribution in [2.45, 2.75) is 83.3 Å². The van der Waals surface area contributed by atoms with Gasteiger partial charge in [0.25, 0.3) is 0 Å². The maximum absolute atomic E-state index is 12.2. The topological polar surface area (TPSA) is 90.5 Å². The first-order valence-electron chi connectivity index (χ1n) is 11.5. The molecular formula is C24H33NO4. The van der Waals surface area contributed by atoms with E-state index in [0.717, 1.165) is 63.4 Å². The largest absolute Gasteiger partial charge is 0.457 e. The van der Waals surface area contributed by atoms with Crippen LogP contribution in [0.25, 0.3) is 0 Å². The van der Waals surface area contributed by atoms with E-state index in [0.29, 0.717) is 11.8 Å². The zero-order chi connectivity index (χ0) is 20.6. The Morgan fingerprint density at radius 3 is 2.62 bits per heavy atom. The Kier molecular flexibility index (Phi) is 4.26. The van der Waals surface area contributed by atoms with E-state index in [9.17, 15) is 20.3 Å². The minimum Gasteiger partial charge on any atom is -0.457 e. The molecule has 4 saturated carbocycles. The third-order valence-corrected chi connectivity index (χ3v) is 10.2. The number of aliphatic hydroxyl groups excluding tert-OH is 1. The van der Waals surface area contributed by atoms with Crippen molar-refractivity contribution in [1.82, 2.24) is 0 Å². The monoisotopic (exact) mass is 399 g/mol. The van der Waals surface area contributed by atoms with E-state index in [-0.39, 0.29) is 40.9 Å². The smallest absolute Gasteiger partial charge is 0.349 e. The van der Waals surface area contributed by atoms with Crippen LogP contribution in [0.5, 0.6) is 0 Å². The second-order valence-electron chi connectivity index (χ2n) is 11.0. The van der Waals surface area contributed by atoms with Gasteiger partial charge in [-0.05, 0) is 92.4 Å². The van der Waals surface area contributed by atoms with E-state index in [4.69, 9.17) is 4.74 Å². The molecule has 5 rings (SSSR count). The Balaban J connectivity index is 1.49. The van der Waals surface area contributed by atoms with Crippen LogP contribution in [0.3, 0.4) is 0 Å². The lowest BCUT2D eigenvalue weighted by Crippen LogP contribution is -2.62. The van der Waals surface area contributed by atoms with Crippen molar-refractivity contribution in [3.8, 4) is 6.07 Å². The summed E-state index contributed by atoms with van der Waals surface area (Å²) in [5.41, 5.74) is 0.163. The van der Waals surface area contributed by atoms with E-state index in [1.807, 2.05) is 0 Å². The third kappa shape index (κ3) is 2.42. The predicted molar refractivity (Wildman–Crippen MR) is 106 cm³/mol. The molecule has 4 aliphatic carbocycles. The van der Waals surface area contributed by atoms with E-state index in [1.54, 1.807) is 0 Å². The molecule has 1 unspecified atom stereocenters. The second kappa shape index (κ2) is 6.31. The average Bonchev–Trinajstić information content (AvgIpc) is 3.18. The number of fused-ring (bicyclic) bond motifs is 5. The van der Waals surface area contributed by atoms with Gasteiger partial charge < -0.3 is 14.9 Å². The van der Waals surface area contributed by atoms with Gasteiger partial charge in [-0.15, -0.1) is 0 Å². The Hall–Kier alpha value is -1.38. The molecule has 5 aliphatic rings. The van der Waals surface area contributed by atoms with Crippen LogP contribution in [0.1, 0.15) is 71.6 Å². The summed E-state index contributed by atoms with van der Waals surface area (Å²) < 4.78 is 5.20. The van der Waals surface area contributed by atoms with Crippen molar-refractivity contribution in [3.63, 3.8) is 0 Å². The Morgan fingerprint density at radius 1 is 1.07 bits per heavy atom. The van der Waals surface area contributed by atoms with Crippen molar-refractivity contribution in [2.75, 3.05) is 6.61 Å². The summed E-state index contributed by atoms with van der Waals surface area (Å²) in [6, 6.07) is 2.07. The average molecular weight is 400 g/mol. The lowest BCUT2D eigenvalue weighted by molar-refractivity contribution is -0.208. The number of hydrogen-bond donors (Lipinski definition) is 2. The van der Waals surface area contributed by atoms with Crippen LogP contribution in [-0.4, -0.2) is 34.5 Å². The number of nitrogens with zero attached hydrogens (tertiary/aromatic N) is 1. The van der Waals surface area contributed by atoms with Crippen LogP contribution < -0.4 is 0 Å². The first-order chi connectivity index (χ1) is 13.7. The van der Waals surface area contributed by atoms with Crippen molar-refractivity contribution in [1.29, 1.82) is 5.26 Å². The van der Waals surface area contributed by atoms with Crippen LogP contribution >= 0.6 is 0 Å². The molecule has 0 radical (unpaired) electrons. The van der Waals surface area contributed by atoms with Crippen molar-refractivity contribution in [3.05, 3.63) is 11.1 Å². The molecule has 158 valence electrons. The molecule has 0 amide bonds. The number of carbonyl (C=O) groups excluding carboxylic acids is 1. The van der Waals surface area contributed by atoms with Crippen LogP contribution in [0.2, 0.25) is 0 Å². The molecule has 4 fully saturated rings. The summed E-state index contributed by atoms with van der Waals surface area (Å²) in [4.78, 5) is 12.0. The SMILES string of the molecule is C[C@]12CC[C@H](O)C[C@H]1CC[C@@H]1[C@@H]2CC[C@]2(C)[C@@H](C3=C(C#N)C(=O)OC3)CCC12O. The van der Waals surface area contributed by atoms with E-state index in [1.165, 1.54) is 0 Å². The number of esters is 1. The molecule has 0 bridgehead atoms. The zero-order valence-corrected chi connectivity index (χ0v) is 17.6. The number of rotatable bonds is 1. The highest BCUT2D eigenvalue weighted by Gasteiger charge is 2.68. The summed E-state index contributed by atoms with van der Waals surface area (Å²) in [7, 11) is 0. The third-order valence-electron chi connectivity index (χ3n) is 10.2. The van der Waals surface area contributed by atoms with Crippen LogP contribution in [0.4, 0.5) is 0 Å². The van der Waals surface area contributed by atoms with Gasteiger partial charge in [0.1, 0.15) is 18.2 Å². The highest BCUT2D eigenvalue weighted by molar-refractivity contribution is 5.96. The highest BCUT2D eigenvalue weighted by Crippen LogP contribution is 2.70. The molecule has 8 atom stereocenters. The number of aliphatic hydroxyl groups is 2. The lowest BCUT2D eigenvalue weighted by atomic mass is 9.43. The molecule has 0 spiro atoms. The molecule has 0 aromatic carbocycles. The lowest BCUT2D eigenvalue weighted by Gasteiger charge is -2.63. The van der Waals surface area contributed by atoms with Crippen LogP contribution in [-0.2, 0) is 9.53 Å². The highest BCUT2D eigenvalue weighted by atomic mass is 16.5. The van der Waals surface area contributed by atoms with Gasteiger partial charge >= 0.3 is 5.97 Å². The molecule has 29 heavy (non-hydrogen) atoms. The van der Waals surface area contributed by atoms with E-state index in [2.05, 4.69) is 19.9 Å². The molecule has 5 nitrogen and oxygen atoms in total. The number of carbonyl (C=O) groups is 1. The standard InChI is InChI=1S/C24H33NO4/c1-22-8-5-15(26)11-14(22)3-4-20-19(22)6-9-23(2)18(7-10-24(20,23)28)17-13-29-21(27)16(17)12-25/h14-15,18-20,26,28H,3-11,13H2,1-2H3/t14-,15+,18-,19+,20-,22+,23-,24?/m1/s1. The van der Waals surface area contributed by atoms with Gasteiger partial charge in [-0.2, -0.15) is 5.26 Å². The number of nitriles is 1. The minimum atomic E-state index is -0.746. The fourth-order valence-corrected chi connectivity index (χ4v) is 8.57. The molecule has 1 aliphatic heterocycles. The molecule has 5 heteroatoms. The first kappa shape index (κ1) is 19.6. The van der Waals surface area contributed by atoms with Gasteiger partial charge in [-0.1, -0.05) is 13.8 Å². The van der Waals surface area contributed by atoms with Crippen molar-refractivity contribution < 1.29 is 19.7 Å². The summed E-state index contributed by atoms with van der Waals surface area (Å²) in [5, 5.41) is 31.9. The normalized spacial score (nSPS) is 51.7. The van der Waals surface area contributed by atoms with Gasteiger partial charge in [0.15, 0.2) is 0 Å². The van der Waals surface area contributed by atoms with Gasteiger partial charge in [0.2, 0.25) is 0 Å². The molecule has 0 aromatic rings. The molecule has 2 N–H and O–H groups in total. The maximum Gasteiger partial charge on any atom is 0.349 e. The summed E-state index contributed by atoms with van der Waals surface area (Å²) in [6.45, 7) is 4.83. The van der Waals surface area contributed by atoms with Crippen molar-refractivity contribution in [2.24, 2.45) is 34.5 Å². The molecule has 1 heterocycles. The molecule has 0 saturated heterocycles. The van der Waals surface area contributed by atoms with Gasteiger partial charge in [-0.3, -0.25) is 0 Å². The quantitative estimate of drug-likeness (QED) is 0.659. The number of cyclic esters (lactones) is 1. The Morgan fingerprint density at radius 2 is 1.86 bits per heavy atom. The molecule has 0 aromatic heterocycles. The number of ether oxygens (including phenoxy) is 1. The maximum atomic E-state index is 12.2. The van der Waals surface area contributed by atoms with Crippen LogP contribution in [0.15, 0.2) is 11.1 Å². The van der Waals surface area contributed by atoms with Gasteiger partial charge in [0, 0.05) is 5.41 Å². The Labute approximate surface area is 173 Å². The molecular weight excluding hydrogens is 366 g/mol. The number of hydrogen-bond acceptors (Lipinski definition) is 5. The summed E-state index contributed by atoms with van der Waals surface area (Å²) in [5.74, 6) is 0.882. The predicted octanol–water partition coefficient (Wildman–Crippen LogP) is 3.50. The summed E-state index contributed by atoms with van der Waals surface area (Å²) in [6.07, 6.45) is 8.39. The first-order valence-corrected chi connectivity index (χ1v) is 11.5. The zero-order valence-electron chi connectivity index (χ0n) is 17.6. The fourth-order valence-electron chi connectivity index (χ4n) is 8.57. The van der Waals surface area contributed by atoms with Crippen LogP contribution in [0, 0.1) is 45.8 Å². The summed E-state index contributed by atoms with van der Waals surface area (Å²) >= 11 is 0. The van der Waals surface area contributed by atoms with E-state index >= 15 is 0 Å². The second-order valence-corrected chi connectivity index (χ2v) is 11.0. The fraction of sp³-hybridized carbons (Fsp3) is 0.833. The minimum absolute atomic E-state index is 0.0493.